The van der Waals surface area contributed by atoms with Crippen LogP contribution in [0.15, 0.2) is 133 Å². The van der Waals surface area contributed by atoms with Gasteiger partial charge in [0.15, 0.2) is 0 Å². The van der Waals surface area contributed by atoms with Crippen LogP contribution in [-0.2, 0) is 35.1 Å². The first-order chi connectivity index (χ1) is 27.4. The van der Waals surface area contributed by atoms with E-state index in [0.29, 0.717) is 12.2 Å². The lowest BCUT2D eigenvalue weighted by atomic mass is 9.84. The summed E-state index contributed by atoms with van der Waals surface area (Å²) in [5.41, 5.74) is 4.19. The fourth-order valence-electron chi connectivity index (χ4n) is 6.34. The number of carboxylic acid groups (broad SMARTS) is 1. The van der Waals surface area contributed by atoms with Crippen molar-refractivity contribution in [2.24, 2.45) is 5.92 Å². The molecular formula is C45H52N4O7S. The molecule has 4 atom stereocenters. The Hall–Kier alpha value is -5.72. The minimum Gasteiger partial charge on any atom is -0.480 e. The summed E-state index contributed by atoms with van der Waals surface area (Å²) in [6.07, 6.45) is 2.78. The highest BCUT2D eigenvalue weighted by Crippen LogP contribution is 2.48. The van der Waals surface area contributed by atoms with Gasteiger partial charge in [0.25, 0.3) is 0 Å². The second-order valence-corrected chi connectivity index (χ2v) is 15.3. The smallest absolute Gasteiger partial charge is 0.322 e. The molecule has 4 aromatic carbocycles. The van der Waals surface area contributed by atoms with Gasteiger partial charge in [-0.25, -0.2) is 0 Å². The Bertz CT molecular complexity index is 1830. The number of thioether (sulfide) groups is 1. The van der Waals surface area contributed by atoms with E-state index >= 15 is 0 Å². The van der Waals surface area contributed by atoms with E-state index in [1.807, 2.05) is 66.7 Å². The number of aliphatic hydroxyl groups excluding tert-OH is 1. The number of hydrogen-bond donors (Lipinski definition) is 6. The van der Waals surface area contributed by atoms with E-state index in [4.69, 9.17) is 5.11 Å². The number of amides is 4. The van der Waals surface area contributed by atoms with Crippen LogP contribution in [0.4, 0.5) is 0 Å². The largest absolute Gasteiger partial charge is 0.480 e. The van der Waals surface area contributed by atoms with E-state index in [1.54, 1.807) is 56.0 Å². The van der Waals surface area contributed by atoms with Gasteiger partial charge >= 0.3 is 5.97 Å². The van der Waals surface area contributed by atoms with Crippen LogP contribution in [-0.4, -0.2) is 76.3 Å². The van der Waals surface area contributed by atoms with Gasteiger partial charge < -0.3 is 31.5 Å². The van der Waals surface area contributed by atoms with E-state index in [9.17, 15) is 29.1 Å². The summed E-state index contributed by atoms with van der Waals surface area (Å²) in [4.78, 5) is 63.4. The molecule has 0 fully saturated rings. The first kappa shape index (κ1) is 44.0. The van der Waals surface area contributed by atoms with Crippen molar-refractivity contribution in [2.45, 2.75) is 69.0 Å². The van der Waals surface area contributed by atoms with Gasteiger partial charge in [-0.15, -0.1) is 11.8 Å². The molecule has 0 spiro atoms. The fourth-order valence-corrected chi connectivity index (χ4v) is 7.81. The summed E-state index contributed by atoms with van der Waals surface area (Å²) >= 11 is 1.80. The number of carbonyl (C=O) groups excluding carboxylic acids is 4. The third kappa shape index (κ3) is 13.2. The van der Waals surface area contributed by atoms with Crippen LogP contribution in [0.3, 0.4) is 0 Å². The molecular weight excluding hydrogens is 741 g/mol. The van der Waals surface area contributed by atoms with Gasteiger partial charge in [0.1, 0.15) is 24.7 Å². The number of carboxylic acids is 1. The van der Waals surface area contributed by atoms with Crippen LogP contribution >= 0.6 is 11.8 Å². The van der Waals surface area contributed by atoms with Crippen molar-refractivity contribution in [2.75, 3.05) is 12.3 Å². The minimum atomic E-state index is -1.23. The second-order valence-electron chi connectivity index (χ2n) is 14.0. The van der Waals surface area contributed by atoms with Crippen LogP contribution in [0, 0.1) is 5.92 Å². The molecule has 11 nitrogen and oxygen atoms in total. The average molecular weight is 793 g/mol. The lowest BCUT2D eigenvalue weighted by molar-refractivity contribution is -0.139. The van der Waals surface area contributed by atoms with Gasteiger partial charge in [0, 0.05) is 6.42 Å². The zero-order chi connectivity index (χ0) is 41.2. The van der Waals surface area contributed by atoms with Crippen molar-refractivity contribution < 1.29 is 34.2 Å². The minimum absolute atomic E-state index is 0.0889. The number of aliphatic carboxylic acids is 1. The lowest BCUT2D eigenvalue weighted by Crippen LogP contribution is -2.58. The van der Waals surface area contributed by atoms with E-state index in [-0.39, 0.29) is 18.8 Å². The van der Waals surface area contributed by atoms with E-state index in [2.05, 4.69) is 57.7 Å². The predicted octanol–water partition coefficient (Wildman–Crippen LogP) is 4.98. The molecule has 0 unspecified atom stereocenters. The highest BCUT2D eigenvalue weighted by molar-refractivity contribution is 8.00. The van der Waals surface area contributed by atoms with Crippen molar-refractivity contribution in [3.63, 3.8) is 0 Å². The molecule has 4 amide bonds. The summed E-state index contributed by atoms with van der Waals surface area (Å²) in [6, 6.07) is 36.8. The Labute approximate surface area is 338 Å². The molecule has 0 bridgehead atoms. The van der Waals surface area contributed by atoms with Crippen molar-refractivity contribution in [1.29, 1.82) is 0 Å². The predicted molar refractivity (Wildman–Crippen MR) is 223 cm³/mol. The maximum Gasteiger partial charge on any atom is 0.322 e. The summed E-state index contributed by atoms with van der Waals surface area (Å²) < 4.78 is -0.472. The zero-order valence-corrected chi connectivity index (χ0v) is 33.3. The molecule has 0 saturated carbocycles. The molecule has 0 radical (unpaired) electrons. The number of benzene rings is 4. The zero-order valence-electron chi connectivity index (χ0n) is 32.5. The molecule has 4 rings (SSSR count). The molecule has 0 aliphatic heterocycles. The molecule has 0 aliphatic rings. The van der Waals surface area contributed by atoms with Crippen molar-refractivity contribution in [3.05, 3.63) is 156 Å². The first-order valence-electron chi connectivity index (χ1n) is 19.0. The van der Waals surface area contributed by atoms with E-state index in [1.165, 1.54) is 6.92 Å². The molecule has 12 heteroatoms. The maximum atomic E-state index is 13.5. The highest BCUT2D eigenvalue weighted by atomic mass is 32.2. The third-order valence-corrected chi connectivity index (χ3v) is 10.8. The Balaban J connectivity index is 1.35. The number of allylic oxidation sites excluding steroid dienone is 1. The molecule has 4 aromatic rings. The van der Waals surface area contributed by atoms with E-state index in [0.717, 1.165) is 22.3 Å². The van der Waals surface area contributed by atoms with Crippen LogP contribution in [0.2, 0.25) is 0 Å². The summed E-state index contributed by atoms with van der Waals surface area (Å²) in [7, 11) is 0. The molecule has 0 aliphatic carbocycles. The third-order valence-electron chi connectivity index (χ3n) is 9.24. The van der Waals surface area contributed by atoms with Crippen molar-refractivity contribution in [3.8, 4) is 0 Å². The van der Waals surface area contributed by atoms with Gasteiger partial charge in [0.2, 0.25) is 23.6 Å². The molecule has 0 saturated heterocycles. The van der Waals surface area contributed by atoms with Crippen LogP contribution in [0.5, 0.6) is 0 Å². The van der Waals surface area contributed by atoms with E-state index < -0.39 is 65.1 Å². The van der Waals surface area contributed by atoms with Crippen molar-refractivity contribution in [1.82, 2.24) is 21.3 Å². The SMILES string of the molecule is CC(C)[C@@H](NC(=O)[C@@H](Cc1ccccc1)NC(=O)[C@@H](C)NC(=O)C[C@H](O)/C=C/CCSC(c1ccccc1)(c1ccccc1)c1ccccc1)C(=O)NCC(=O)O. The Morgan fingerprint density at radius 2 is 1.19 bits per heavy atom. The molecule has 57 heavy (non-hydrogen) atoms. The number of hydrogen-bond acceptors (Lipinski definition) is 7. The lowest BCUT2D eigenvalue weighted by Gasteiger charge is -2.35. The van der Waals surface area contributed by atoms with Gasteiger partial charge in [-0.1, -0.05) is 147 Å². The van der Waals surface area contributed by atoms with Gasteiger partial charge in [-0.3, -0.25) is 24.0 Å². The van der Waals surface area contributed by atoms with Gasteiger partial charge in [-0.05, 0) is 47.3 Å². The van der Waals surface area contributed by atoms with Crippen LogP contribution in [0.1, 0.15) is 55.9 Å². The number of nitrogens with one attached hydrogen (secondary N) is 4. The maximum absolute atomic E-state index is 13.5. The normalized spacial score (nSPS) is 13.6. The topological polar surface area (TPSA) is 174 Å². The Morgan fingerprint density at radius 3 is 1.68 bits per heavy atom. The fraction of sp³-hybridized carbons (Fsp3) is 0.311. The summed E-state index contributed by atoms with van der Waals surface area (Å²) in [6.45, 7) is 4.26. The monoisotopic (exact) mass is 792 g/mol. The van der Waals surface area contributed by atoms with Crippen LogP contribution < -0.4 is 21.3 Å². The molecule has 6 N–H and O–H groups in total. The van der Waals surface area contributed by atoms with Crippen molar-refractivity contribution >= 4 is 41.4 Å². The van der Waals surface area contributed by atoms with Gasteiger partial charge in [-0.2, -0.15) is 0 Å². The van der Waals surface area contributed by atoms with Gasteiger partial charge in [0.05, 0.1) is 17.3 Å². The number of carbonyl (C=O) groups is 5. The summed E-state index contributed by atoms with van der Waals surface area (Å²) in [5.74, 6) is -3.42. The van der Waals surface area contributed by atoms with Crippen LogP contribution in [0.25, 0.3) is 0 Å². The molecule has 0 aromatic heterocycles. The average Bonchev–Trinajstić information content (AvgIpc) is 3.21. The second kappa shape index (κ2) is 22.1. The number of rotatable bonds is 21. The quantitative estimate of drug-likeness (QED) is 0.0390. The molecule has 0 heterocycles. The Morgan fingerprint density at radius 1 is 0.684 bits per heavy atom. The summed E-state index contributed by atoms with van der Waals surface area (Å²) in [5, 5.41) is 29.9. The number of aliphatic hydroxyl groups is 1. The molecule has 300 valence electrons. The Kier molecular flexibility index (Phi) is 17.1. The standard InChI is InChI=1S/C45H52N4O7S/c1-31(2)41(44(56)46-30-40(52)53)49-43(55)38(28-33-18-8-4-9-19-33)48-42(54)32(3)47-39(51)29-37(50)26-16-17-27-57-45(34-20-10-5-11-21-34,35-22-12-6-13-23-35)36-24-14-7-15-25-36/h4-16,18-26,31-32,37-38,41,50H,17,27-30H2,1-3H3,(H,46,56)(H,47,51)(H,48,54)(H,49,55)(H,52,53)/b26-16+/t32-,37-,38-,41-/m1/s1. The first-order valence-corrected chi connectivity index (χ1v) is 20.0. The highest BCUT2D eigenvalue weighted by Gasteiger charge is 2.36.